The number of aliphatic imine (C=N–C) groups is 1. The van der Waals surface area contributed by atoms with Crippen molar-refractivity contribution in [2.45, 2.75) is 16.7 Å². The van der Waals surface area contributed by atoms with Gasteiger partial charge < -0.3 is 25.1 Å². The molecular formula is C20H23N5O6S. The number of guanidine groups is 1. The zero-order valence-corrected chi connectivity index (χ0v) is 18.5. The molecular weight excluding hydrogens is 438 g/mol. The lowest BCUT2D eigenvalue weighted by Gasteiger charge is -2.23. The number of nitrogens with zero attached hydrogens (tertiary/aromatic N) is 2. The van der Waals surface area contributed by atoms with Crippen LogP contribution < -0.4 is 21.3 Å². The third-order valence-electron chi connectivity index (χ3n) is 4.05. The summed E-state index contributed by atoms with van der Waals surface area (Å²) in [7, 11) is 2.24. The number of ether oxygens (including phenoxy) is 2. The van der Waals surface area contributed by atoms with Crippen molar-refractivity contribution in [1.82, 2.24) is 5.32 Å². The van der Waals surface area contributed by atoms with Gasteiger partial charge in [0.05, 0.1) is 25.6 Å². The van der Waals surface area contributed by atoms with Crippen molar-refractivity contribution in [2.75, 3.05) is 31.0 Å². The fraction of sp³-hybridized carbons (Fsp3) is 0.200. The number of benzene rings is 2. The quantitative estimate of drug-likeness (QED) is 0.351. The number of hydrogen-bond acceptors (Lipinski definition) is 6. The third-order valence-corrected chi connectivity index (χ3v) is 5.43. The minimum atomic E-state index is -1.55. The van der Waals surface area contributed by atoms with Gasteiger partial charge in [0.2, 0.25) is 5.96 Å². The van der Waals surface area contributed by atoms with Gasteiger partial charge in [-0.1, -0.05) is 18.2 Å². The molecule has 0 spiro atoms. The van der Waals surface area contributed by atoms with Crippen LogP contribution >= 0.6 is 0 Å². The molecule has 0 saturated heterocycles. The van der Waals surface area contributed by atoms with Crippen LogP contribution in [0.2, 0.25) is 0 Å². The molecule has 32 heavy (non-hydrogen) atoms. The molecule has 2 aromatic rings. The minimum Gasteiger partial charge on any atom is -0.606 e. The lowest BCUT2D eigenvalue weighted by molar-refractivity contribution is 0.176. The number of alkyl carbamates (subject to hydrolysis) is 1. The number of nitrogens with one attached hydrogen (secondary N) is 2. The van der Waals surface area contributed by atoms with E-state index in [9.17, 15) is 18.9 Å². The van der Waals surface area contributed by atoms with E-state index in [-0.39, 0.29) is 18.2 Å². The molecule has 0 radical (unpaired) electrons. The first kappa shape index (κ1) is 24.5. The number of primary amides is 1. The van der Waals surface area contributed by atoms with Gasteiger partial charge in [0.15, 0.2) is 9.79 Å². The summed E-state index contributed by atoms with van der Waals surface area (Å²) in [5.74, 6) is -0.340. The molecule has 1 unspecified atom stereocenters. The molecule has 2 aromatic carbocycles. The van der Waals surface area contributed by atoms with E-state index in [4.69, 9.17) is 5.73 Å². The highest BCUT2D eigenvalue weighted by atomic mass is 32.2. The summed E-state index contributed by atoms with van der Waals surface area (Å²) in [6.07, 6.45) is -1.91. The zero-order chi connectivity index (χ0) is 23.7. The molecule has 0 aliphatic heterocycles. The number of rotatable bonds is 5. The SMILES string of the molecule is CCN(C(N)=O)c1ccc([S+]([O-])c2ccccc2)cc1NC(=NC(=O)OC)NC(=O)OC. The first-order valence-electron chi connectivity index (χ1n) is 9.27. The standard InChI is InChI=1S/C20H23N5O6S/c1-4-25(17(21)26)16-11-10-14(32(29)13-8-6-5-7-9-13)12-15(16)22-18(23-19(27)30-2)24-20(28)31-3/h5-12H,4H2,1-3H3,(H2,21,26)(H2,22,23,24,27,28). The van der Waals surface area contributed by atoms with Gasteiger partial charge in [0.1, 0.15) is 0 Å². The summed E-state index contributed by atoms with van der Waals surface area (Å²) in [5, 5.41) is 4.99. The molecule has 11 nitrogen and oxygen atoms in total. The van der Waals surface area contributed by atoms with Crippen molar-refractivity contribution in [3.8, 4) is 0 Å². The zero-order valence-electron chi connectivity index (χ0n) is 17.7. The Kier molecular flexibility index (Phi) is 8.86. The summed E-state index contributed by atoms with van der Waals surface area (Å²) < 4.78 is 22.0. The van der Waals surface area contributed by atoms with Gasteiger partial charge in [0.25, 0.3) is 0 Å². The fourth-order valence-corrected chi connectivity index (χ4v) is 3.68. The number of hydrogen-bond donors (Lipinski definition) is 3. The van der Waals surface area contributed by atoms with E-state index >= 15 is 0 Å². The van der Waals surface area contributed by atoms with Crippen LogP contribution in [0, 0.1) is 0 Å². The highest BCUT2D eigenvalue weighted by Crippen LogP contribution is 2.31. The monoisotopic (exact) mass is 461 g/mol. The Morgan fingerprint density at radius 3 is 2.34 bits per heavy atom. The first-order valence-corrected chi connectivity index (χ1v) is 10.4. The maximum Gasteiger partial charge on any atom is 0.436 e. The van der Waals surface area contributed by atoms with E-state index in [1.54, 1.807) is 49.4 Å². The molecule has 0 aliphatic carbocycles. The molecule has 0 fully saturated rings. The molecule has 0 aromatic heterocycles. The number of methoxy groups -OCH3 is 2. The summed E-state index contributed by atoms with van der Waals surface area (Å²) in [4.78, 5) is 41.1. The van der Waals surface area contributed by atoms with Crippen LogP contribution in [-0.4, -0.2) is 49.5 Å². The Hall–Kier alpha value is -3.77. The van der Waals surface area contributed by atoms with Crippen LogP contribution in [0.1, 0.15) is 6.92 Å². The number of carbonyl (C=O) groups excluding carboxylic acids is 3. The number of anilines is 2. The predicted octanol–water partition coefficient (Wildman–Crippen LogP) is 2.65. The Balaban J connectivity index is 2.55. The number of urea groups is 1. The predicted molar refractivity (Wildman–Crippen MR) is 119 cm³/mol. The Morgan fingerprint density at radius 2 is 1.78 bits per heavy atom. The van der Waals surface area contributed by atoms with Crippen molar-refractivity contribution >= 4 is 46.7 Å². The lowest BCUT2D eigenvalue weighted by atomic mass is 10.2. The lowest BCUT2D eigenvalue weighted by Crippen LogP contribution is -2.39. The average Bonchev–Trinajstić information content (AvgIpc) is 2.79. The second-order valence-electron chi connectivity index (χ2n) is 6.02. The maximum absolute atomic E-state index is 13.0. The first-order chi connectivity index (χ1) is 15.3. The average molecular weight is 462 g/mol. The molecule has 1 atom stereocenters. The third kappa shape index (κ3) is 6.36. The van der Waals surface area contributed by atoms with E-state index in [0.717, 1.165) is 14.2 Å². The molecule has 0 saturated carbocycles. The van der Waals surface area contributed by atoms with Gasteiger partial charge in [-0.25, -0.2) is 14.4 Å². The molecule has 4 N–H and O–H groups in total. The van der Waals surface area contributed by atoms with E-state index in [2.05, 4.69) is 25.1 Å². The van der Waals surface area contributed by atoms with Gasteiger partial charge in [-0.2, -0.15) is 0 Å². The molecule has 0 aliphatic rings. The summed E-state index contributed by atoms with van der Waals surface area (Å²) in [6.45, 7) is 1.93. The summed E-state index contributed by atoms with van der Waals surface area (Å²) >= 11 is -1.55. The summed E-state index contributed by atoms with van der Waals surface area (Å²) in [5.41, 5.74) is 5.98. The largest absolute Gasteiger partial charge is 0.606 e. The van der Waals surface area contributed by atoms with Crippen molar-refractivity contribution < 1.29 is 28.4 Å². The highest BCUT2D eigenvalue weighted by Gasteiger charge is 2.22. The normalized spacial score (nSPS) is 11.8. The van der Waals surface area contributed by atoms with Crippen LogP contribution in [0.5, 0.6) is 0 Å². The van der Waals surface area contributed by atoms with Crippen molar-refractivity contribution in [3.05, 3.63) is 48.5 Å². The number of carbonyl (C=O) groups is 3. The van der Waals surface area contributed by atoms with Crippen LogP contribution in [0.25, 0.3) is 0 Å². The maximum atomic E-state index is 13.0. The van der Waals surface area contributed by atoms with Gasteiger partial charge in [0, 0.05) is 23.8 Å². The Labute approximate surface area is 187 Å². The fourth-order valence-electron chi connectivity index (χ4n) is 2.59. The Morgan fingerprint density at radius 1 is 1.09 bits per heavy atom. The molecule has 170 valence electrons. The van der Waals surface area contributed by atoms with Crippen molar-refractivity contribution in [3.63, 3.8) is 0 Å². The van der Waals surface area contributed by atoms with Crippen molar-refractivity contribution in [1.29, 1.82) is 0 Å². The Bertz CT molecular complexity index is 1000. The molecule has 0 heterocycles. The topological polar surface area (TPSA) is 158 Å². The van der Waals surface area contributed by atoms with Gasteiger partial charge >= 0.3 is 18.2 Å². The number of amides is 4. The van der Waals surface area contributed by atoms with Crippen LogP contribution in [0.15, 0.2) is 63.3 Å². The van der Waals surface area contributed by atoms with Gasteiger partial charge in [-0.05, 0) is 31.2 Å². The van der Waals surface area contributed by atoms with Crippen molar-refractivity contribution in [2.24, 2.45) is 10.7 Å². The van der Waals surface area contributed by atoms with Crippen LogP contribution in [-0.2, 0) is 20.6 Å². The molecule has 4 amide bonds. The second kappa shape index (κ2) is 11.6. The molecule has 12 heteroatoms. The number of nitrogens with two attached hydrogens (primary N) is 1. The van der Waals surface area contributed by atoms with E-state index in [1.807, 2.05) is 0 Å². The molecule has 0 bridgehead atoms. The minimum absolute atomic E-state index is 0.200. The van der Waals surface area contributed by atoms with Crippen LogP contribution in [0.4, 0.5) is 25.8 Å². The smallest absolute Gasteiger partial charge is 0.436 e. The van der Waals surface area contributed by atoms with E-state index in [0.29, 0.717) is 15.5 Å². The van der Waals surface area contributed by atoms with Crippen LogP contribution in [0.3, 0.4) is 0 Å². The second-order valence-corrected chi connectivity index (χ2v) is 7.50. The molecule has 2 rings (SSSR count). The van der Waals surface area contributed by atoms with E-state index in [1.165, 1.54) is 11.0 Å². The van der Waals surface area contributed by atoms with Gasteiger partial charge in [-0.3, -0.25) is 10.2 Å². The summed E-state index contributed by atoms with van der Waals surface area (Å²) in [6, 6.07) is 12.6. The highest BCUT2D eigenvalue weighted by molar-refractivity contribution is 7.91. The van der Waals surface area contributed by atoms with Gasteiger partial charge in [-0.15, -0.1) is 4.99 Å². The van der Waals surface area contributed by atoms with E-state index < -0.39 is 29.4 Å².